The summed E-state index contributed by atoms with van der Waals surface area (Å²) in [5.41, 5.74) is 5.58. The summed E-state index contributed by atoms with van der Waals surface area (Å²) in [7, 11) is 0. The Kier molecular flexibility index (Phi) is 3.89. The smallest absolute Gasteiger partial charge is 0.0465 e. The van der Waals surface area contributed by atoms with Gasteiger partial charge in [0.1, 0.15) is 0 Å². The lowest BCUT2D eigenvalue weighted by Crippen LogP contribution is -2.10. The van der Waals surface area contributed by atoms with Gasteiger partial charge in [-0.2, -0.15) is 0 Å². The summed E-state index contributed by atoms with van der Waals surface area (Å²) in [6.07, 6.45) is 0. The molecule has 0 bridgehead atoms. The fourth-order valence-corrected chi connectivity index (χ4v) is 2.83. The minimum atomic E-state index is 0. The fourth-order valence-electron chi connectivity index (χ4n) is 2.83. The van der Waals surface area contributed by atoms with Crippen molar-refractivity contribution in [2.45, 2.75) is 59.8 Å². The Morgan fingerprint density at radius 3 is 1.32 bits per heavy atom. The van der Waals surface area contributed by atoms with E-state index >= 15 is 0 Å². The molecule has 1 heterocycles. The Bertz CT molecular complexity index is 739. The highest BCUT2D eigenvalue weighted by Crippen LogP contribution is 2.33. The van der Waals surface area contributed by atoms with Gasteiger partial charge in [-0.25, -0.2) is 0 Å². The second kappa shape index (κ2) is 5.15. The molecule has 2 aromatic carbocycles. The van der Waals surface area contributed by atoms with Crippen molar-refractivity contribution in [2.24, 2.45) is 0 Å². The molecule has 1 aromatic heterocycles. The Morgan fingerprint density at radius 2 is 1.00 bits per heavy atom. The Hall–Kier alpha value is -1.76. The van der Waals surface area contributed by atoms with Crippen LogP contribution in [0.15, 0.2) is 36.4 Å². The van der Waals surface area contributed by atoms with E-state index in [1.165, 1.54) is 32.9 Å². The van der Waals surface area contributed by atoms with Crippen LogP contribution in [0.4, 0.5) is 0 Å². The van der Waals surface area contributed by atoms with Crippen molar-refractivity contribution >= 4 is 21.8 Å². The Labute approximate surface area is 134 Å². The molecule has 0 saturated heterocycles. The topological polar surface area (TPSA) is 15.8 Å². The molecule has 0 atom stereocenters. The van der Waals surface area contributed by atoms with E-state index < -0.39 is 0 Å². The maximum absolute atomic E-state index is 3.54. The number of benzene rings is 2. The van der Waals surface area contributed by atoms with Gasteiger partial charge in [0.15, 0.2) is 0 Å². The molecule has 0 aliphatic heterocycles. The van der Waals surface area contributed by atoms with E-state index in [1.807, 2.05) is 0 Å². The van der Waals surface area contributed by atoms with Crippen molar-refractivity contribution in [1.29, 1.82) is 0 Å². The molecule has 3 aromatic rings. The average molecular weight is 295 g/mol. The van der Waals surface area contributed by atoms with Crippen LogP contribution in [0.2, 0.25) is 0 Å². The van der Waals surface area contributed by atoms with Gasteiger partial charge >= 0.3 is 0 Å². The number of nitrogens with one attached hydrogen (secondary N) is 1. The Morgan fingerprint density at radius 1 is 0.636 bits per heavy atom. The van der Waals surface area contributed by atoms with Gasteiger partial charge in [0, 0.05) is 21.8 Å². The summed E-state index contributed by atoms with van der Waals surface area (Å²) in [5.74, 6) is 0. The maximum Gasteiger partial charge on any atom is 0.0465 e. The van der Waals surface area contributed by atoms with E-state index in [1.54, 1.807) is 0 Å². The minimum absolute atomic E-state index is 0. The molecule has 0 radical (unpaired) electrons. The third kappa shape index (κ3) is 2.77. The summed E-state index contributed by atoms with van der Waals surface area (Å²) in [6, 6.07) is 13.6. The zero-order valence-electron chi connectivity index (χ0n) is 14.0. The van der Waals surface area contributed by atoms with E-state index in [9.17, 15) is 0 Å². The van der Waals surface area contributed by atoms with E-state index in [0.29, 0.717) is 0 Å². The van der Waals surface area contributed by atoms with Gasteiger partial charge in [0.25, 0.3) is 0 Å². The van der Waals surface area contributed by atoms with Crippen LogP contribution in [0.5, 0.6) is 0 Å². The van der Waals surface area contributed by atoms with Crippen molar-refractivity contribution in [2.75, 3.05) is 0 Å². The number of aromatic nitrogens is 1. The first-order chi connectivity index (χ1) is 9.66. The van der Waals surface area contributed by atoms with Crippen LogP contribution in [0.25, 0.3) is 21.8 Å². The second-order valence-electron chi connectivity index (χ2n) is 8.15. The van der Waals surface area contributed by atoms with Gasteiger partial charge < -0.3 is 4.98 Å². The third-order valence-corrected chi connectivity index (χ3v) is 4.33. The van der Waals surface area contributed by atoms with Crippen LogP contribution < -0.4 is 0 Å². The summed E-state index contributed by atoms with van der Waals surface area (Å²) < 4.78 is 0. The lowest BCUT2D eigenvalue weighted by atomic mass is 9.85. The predicted molar refractivity (Wildman–Crippen MR) is 99.9 cm³/mol. The number of hydrogen-bond donors (Lipinski definition) is 1. The van der Waals surface area contributed by atoms with Crippen molar-refractivity contribution in [3.05, 3.63) is 47.5 Å². The molecular formula is C21H29N. The molecular weight excluding hydrogens is 266 g/mol. The van der Waals surface area contributed by atoms with Gasteiger partial charge in [0.2, 0.25) is 0 Å². The van der Waals surface area contributed by atoms with E-state index in [2.05, 4.69) is 82.9 Å². The molecule has 22 heavy (non-hydrogen) atoms. The summed E-state index contributed by atoms with van der Waals surface area (Å²) >= 11 is 0. The molecule has 0 fully saturated rings. The molecule has 118 valence electrons. The average Bonchev–Trinajstić information content (AvgIpc) is 2.73. The third-order valence-electron chi connectivity index (χ3n) is 4.33. The van der Waals surface area contributed by atoms with Crippen LogP contribution in [-0.2, 0) is 10.8 Å². The van der Waals surface area contributed by atoms with Crippen molar-refractivity contribution < 1.29 is 0 Å². The van der Waals surface area contributed by atoms with Crippen molar-refractivity contribution in [3.63, 3.8) is 0 Å². The van der Waals surface area contributed by atoms with Gasteiger partial charge in [-0.15, -0.1) is 0 Å². The molecule has 1 N–H and O–H groups in total. The number of H-pyrrole nitrogens is 1. The normalized spacial score (nSPS) is 12.6. The van der Waals surface area contributed by atoms with Crippen molar-refractivity contribution in [3.8, 4) is 0 Å². The van der Waals surface area contributed by atoms with Crippen LogP contribution in [0, 0.1) is 0 Å². The van der Waals surface area contributed by atoms with Crippen LogP contribution >= 0.6 is 0 Å². The predicted octanol–water partition coefficient (Wildman–Crippen LogP) is 6.55. The first kappa shape index (κ1) is 16.6. The Balaban J connectivity index is 0.00000176. The first-order valence-electron chi connectivity index (χ1n) is 7.73. The molecule has 0 unspecified atom stereocenters. The van der Waals surface area contributed by atoms with Crippen LogP contribution in [0.1, 0.15) is 60.1 Å². The largest absolute Gasteiger partial charge is 0.355 e. The number of fused-ring (bicyclic) bond motifs is 3. The molecule has 0 spiro atoms. The highest BCUT2D eigenvalue weighted by molar-refractivity contribution is 6.07. The van der Waals surface area contributed by atoms with E-state index in [-0.39, 0.29) is 18.3 Å². The molecule has 1 heteroatoms. The highest BCUT2D eigenvalue weighted by Gasteiger charge is 2.17. The molecule has 0 aliphatic rings. The lowest BCUT2D eigenvalue weighted by Gasteiger charge is -2.19. The lowest BCUT2D eigenvalue weighted by molar-refractivity contribution is 0.590. The van der Waals surface area contributed by atoms with Gasteiger partial charge in [-0.05, 0) is 46.2 Å². The van der Waals surface area contributed by atoms with Crippen LogP contribution in [0.3, 0.4) is 0 Å². The SMILES string of the molecule is C.CC(C)(C)c1ccc2[nH]c3ccc(C(C)(C)C)cc3c2c1. The van der Waals surface area contributed by atoms with Gasteiger partial charge in [-0.3, -0.25) is 0 Å². The number of rotatable bonds is 0. The molecule has 1 nitrogen and oxygen atoms in total. The van der Waals surface area contributed by atoms with Crippen molar-refractivity contribution in [1.82, 2.24) is 4.98 Å². The molecule has 0 aliphatic carbocycles. The highest BCUT2D eigenvalue weighted by atomic mass is 14.7. The summed E-state index contributed by atoms with van der Waals surface area (Å²) in [6.45, 7) is 13.6. The minimum Gasteiger partial charge on any atom is -0.355 e. The summed E-state index contributed by atoms with van der Waals surface area (Å²) in [5, 5.41) is 2.67. The maximum atomic E-state index is 3.54. The van der Waals surface area contributed by atoms with E-state index in [4.69, 9.17) is 0 Å². The molecule has 3 rings (SSSR count). The fraction of sp³-hybridized carbons (Fsp3) is 0.429. The van der Waals surface area contributed by atoms with Crippen LogP contribution in [-0.4, -0.2) is 4.98 Å². The molecule has 0 saturated carbocycles. The van der Waals surface area contributed by atoms with Gasteiger partial charge in [-0.1, -0.05) is 61.1 Å². The quantitative estimate of drug-likeness (QED) is 0.484. The zero-order chi connectivity index (χ0) is 15.4. The number of hydrogen-bond acceptors (Lipinski definition) is 0. The van der Waals surface area contributed by atoms with Gasteiger partial charge in [0.05, 0.1) is 0 Å². The second-order valence-corrected chi connectivity index (χ2v) is 8.15. The van der Waals surface area contributed by atoms with E-state index in [0.717, 1.165) is 0 Å². The monoisotopic (exact) mass is 295 g/mol. The summed E-state index contributed by atoms with van der Waals surface area (Å²) in [4.78, 5) is 3.54. The zero-order valence-corrected chi connectivity index (χ0v) is 14.0. The molecule has 0 amide bonds. The standard InChI is InChI=1S/C20H25N.CH4/c1-19(2,3)13-7-9-17-15(11-13)16-12-14(20(4,5)6)8-10-18(16)21-17;/h7-12,21H,1-6H3;1H4. The number of aromatic amines is 1. The first-order valence-corrected chi connectivity index (χ1v) is 7.73.